The van der Waals surface area contributed by atoms with Gasteiger partial charge in [0.2, 0.25) is 5.95 Å². The van der Waals surface area contributed by atoms with Crippen molar-refractivity contribution in [2.45, 2.75) is 33.1 Å². The molecule has 0 bridgehead atoms. The first kappa shape index (κ1) is 17.2. The quantitative estimate of drug-likeness (QED) is 0.804. The van der Waals surface area contributed by atoms with Gasteiger partial charge in [0.25, 0.3) is 0 Å². The Morgan fingerprint density at radius 1 is 1.22 bits per heavy atom. The molecule has 0 aliphatic heterocycles. The Morgan fingerprint density at radius 3 is 2.74 bits per heavy atom. The van der Waals surface area contributed by atoms with Crippen molar-refractivity contribution in [3.8, 4) is 0 Å². The molecule has 1 N–H and O–H groups in total. The summed E-state index contributed by atoms with van der Waals surface area (Å²) in [5.74, 6) is 1.35. The number of aromatic nitrogens is 2. The molecule has 0 unspecified atom stereocenters. The SMILES string of the molecule is CCCCN(C)c1cc(C)nc(NCCc2ccccc2F)n1. The average molecular weight is 316 g/mol. The molecule has 0 radical (unpaired) electrons. The van der Waals surface area contributed by atoms with Gasteiger partial charge in [-0.25, -0.2) is 9.37 Å². The molecule has 1 aromatic carbocycles. The van der Waals surface area contributed by atoms with E-state index in [0.717, 1.165) is 30.9 Å². The minimum absolute atomic E-state index is 0.167. The number of unbranched alkanes of at least 4 members (excludes halogenated alkanes) is 1. The lowest BCUT2D eigenvalue weighted by atomic mass is 10.1. The third kappa shape index (κ3) is 5.20. The lowest BCUT2D eigenvalue weighted by molar-refractivity contribution is 0.610. The molecule has 0 amide bonds. The van der Waals surface area contributed by atoms with Crippen LogP contribution in [0, 0.1) is 12.7 Å². The zero-order valence-electron chi connectivity index (χ0n) is 14.1. The lowest BCUT2D eigenvalue weighted by Gasteiger charge is -2.19. The van der Waals surface area contributed by atoms with E-state index in [2.05, 4.69) is 27.1 Å². The normalized spacial score (nSPS) is 10.6. The van der Waals surface area contributed by atoms with Crippen LogP contribution < -0.4 is 10.2 Å². The van der Waals surface area contributed by atoms with E-state index >= 15 is 0 Å². The van der Waals surface area contributed by atoms with Crippen molar-refractivity contribution in [3.05, 3.63) is 47.4 Å². The Bertz CT molecular complexity index is 630. The number of nitrogens with zero attached hydrogens (tertiary/aromatic N) is 3. The Morgan fingerprint density at radius 2 is 2.00 bits per heavy atom. The number of rotatable bonds is 8. The van der Waals surface area contributed by atoms with Crippen LogP contribution in [-0.4, -0.2) is 30.1 Å². The molecule has 4 nitrogen and oxygen atoms in total. The second kappa shape index (κ2) is 8.46. The predicted octanol–water partition coefficient (Wildman–Crippen LogP) is 3.82. The fourth-order valence-electron chi connectivity index (χ4n) is 2.35. The summed E-state index contributed by atoms with van der Waals surface area (Å²) in [6.07, 6.45) is 2.89. The molecule has 0 aliphatic carbocycles. The largest absolute Gasteiger partial charge is 0.360 e. The van der Waals surface area contributed by atoms with Gasteiger partial charge < -0.3 is 10.2 Å². The number of hydrogen-bond acceptors (Lipinski definition) is 4. The molecule has 0 atom stereocenters. The Kier molecular flexibility index (Phi) is 6.32. The number of hydrogen-bond donors (Lipinski definition) is 1. The maximum absolute atomic E-state index is 13.6. The summed E-state index contributed by atoms with van der Waals surface area (Å²) in [6, 6.07) is 8.83. The molecule has 2 aromatic rings. The summed E-state index contributed by atoms with van der Waals surface area (Å²) < 4.78 is 13.6. The number of nitrogens with one attached hydrogen (secondary N) is 1. The zero-order valence-corrected chi connectivity index (χ0v) is 14.1. The van der Waals surface area contributed by atoms with Crippen LogP contribution in [0.1, 0.15) is 31.0 Å². The van der Waals surface area contributed by atoms with Crippen molar-refractivity contribution in [3.63, 3.8) is 0 Å². The summed E-state index contributed by atoms with van der Waals surface area (Å²) in [5, 5.41) is 3.20. The first-order valence-corrected chi connectivity index (χ1v) is 8.14. The molecule has 1 heterocycles. The molecule has 2 rings (SSSR count). The highest BCUT2D eigenvalue weighted by atomic mass is 19.1. The minimum Gasteiger partial charge on any atom is -0.360 e. The van der Waals surface area contributed by atoms with Gasteiger partial charge in [0, 0.05) is 31.9 Å². The van der Waals surface area contributed by atoms with Crippen LogP contribution >= 0.6 is 0 Å². The fourth-order valence-corrected chi connectivity index (χ4v) is 2.35. The van der Waals surface area contributed by atoms with Crippen molar-refractivity contribution in [2.75, 3.05) is 30.4 Å². The summed E-state index contributed by atoms with van der Waals surface area (Å²) >= 11 is 0. The first-order valence-electron chi connectivity index (χ1n) is 8.14. The van der Waals surface area contributed by atoms with Gasteiger partial charge in [0.15, 0.2) is 0 Å². The van der Waals surface area contributed by atoms with E-state index in [1.807, 2.05) is 26.1 Å². The van der Waals surface area contributed by atoms with Crippen LogP contribution in [0.2, 0.25) is 0 Å². The Balaban J connectivity index is 1.97. The Labute approximate surface area is 137 Å². The number of benzene rings is 1. The second-order valence-corrected chi connectivity index (χ2v) is 5.73. The third-order valence-electron chi connectivity index (χ3n) is 3.71. The monoisotopic (exact) mass is 316 g/mol. The second-order valence-electron chi connectivity index (χ2n) is 5.73. The van der Waals surface area contributed by atoms with E-state index in [4.69, 9.17) is 0 Å². The lowest BCUT2D eigenvalue weighted by Crippen LogP contribution is -2.21. The smallest absolute Gasteiger partial charge is 0.224 e. The molecule has 0 saturated carbocycles. The zero-order chi connectivity index (χ0) is 16.7. The molecular weight excluding hydrogens is 291 g/mol. The first-order chi connectivity index (χ1) is 11.1. The number of anilines is 2. The molecule has 5 heteroatoms. The molecule has 0 spiro atoms. The summed E-state index contributed by atoms with van der Waals surface area (Å²) in [6.45, 7) is 5.71. The van der Waals surface area contributed by atoms with Crippen LogP contribution in [0.4, 0.5) is 16.2 Å². The van der Waals surface area contributed by atoms with Crippen LogP contribution in [0.3, 0.4) is 0 Å². The standard InChI is InChI=1S/C18H25FN4/c1-4-5-12-23(3)17-13-14(2)21-18(22-17)20-11-10-15-8-6-7-9-16(15)19/h6-9,13H,4-5,10-12H2,1-3H3,(H,20,21,22). The summed E-state index contributed by atoms with van der Waals surface area (Å²) in [4.78, 5) is 11.1. The van der Waals surface area contributed by atoms with E-state index in [9.17, 15) is 4.39 Å². The molecule has 124 valence electrons. The van der Waals surface area contributed by atoms with Gasteiger partial charge in [0.1, 0.15) is 11.6 Å². The van der Waals surface area contributed by atoms with E-state index in [1.54, 1.807) is 12.1 Å². The van der Waals surface area contributed by atoms with Crippen LogP contribution in [-0.2, 0) is 6.42 Å². The highest BCUT2D eigenvalue weighted by Gasteiger charge is 2.07. The van der Waals surface area contributed by atoms with Crippen LogP contribution in [0.5, 0.6) is 0 Å². The molecular formula is C18H25FN4. The molecule has 1 aromatic heterocycles. The molecule has 0 saturated heterocycles. The summed E-state index contributed by atoms with van der Waals surface area (Å²) in [5.41, 5.74) is 1.62. The average Bonchev–Trinajstić information content (AvgIpc) is 2.54. The van der Waals surface area contributed by atoms with Gasteiger partial charge >= 0.3 is 0 Å². The van der Waals surface area contributed by atoms with Crippen molar-refractivity contribution in [1.29, 1.82) is 0 Å². The highest BCUT2D eigenvalue weighted by molar-refractivity contribution is 5.44. The van der Waals surface area contributed by atoms with E-state index < -0.39 is 0 Å². The molecule has 0 fully saturated rings. The van der Waals surface area contributed by atoms with Gasteiger partial charge in [-0.05, 0) is 31.4 Å². The van der Waals surface area contributed by atoms with E-state index in [1.165, 1.54) is 6.07 Å². The number of halogens is 1. The topological polar surface area (TPSA) is 41.1 Å². The van der Waals surface area contributed by atoms with Crippen molar-refractivity contribution < 1.29 is 4.39 Å². The van der Waals surface area contributed by atoms with Crippen molar-refractivity contribution >= 4 is 11.8 Å². The Hall–Kier alpha value is -2.17. The number of aryl methyl sites for hydroxylation is 1. The van der Waals surface area contributed by atoms with Gasteiger partial charge in [0.05, 0.1) is 0 Å². The molecule has 23 heavy (non-hydrogen) atoms. The van der Waals surface area contributed by atoms with Gasteiger partial charge in [-0.3, -0.25) is 0 Å². The van der Waals surface area contributed by atoms with Gasteiger partial charge in [-0.1, -0.05) is 31.5 Å². The van der Waals surface area contributed by atoms with E-state index in [0.29, 0.717) is 24.5 Å². The predicted molar refractivity (Wildman–Crippen MR) is 93.5 cm³/mol. The third-order valence-corrected chi connectivity index (χ3v) is 3.71. The van der Waals surface area contributed by atoms with E-state index in [-0.39, 0.29) is 5.82 Å². The molecule has 0 aliphatic rings. The van der Waals surface area contributed by atoms with Crippen LogP contribution in [0.25, 0.3) is 0 Å². The maximum atomic E-state index is 13.6. The van der Waals surface area contributed by atoms with Crippen molar-refractivity contribution in [2.24, 2.45) is 0 Å². The minimum atomic E-state index is -0.167. The van der Waals surface area contributed by atoms with Gasteiger partial charge in [-0.2, -0.15) is 4.98 Å². The van der Waals surface area contributed by atoms with Crippen molar-refractivity contribution in [1.82, 2.24) is 9.97 Å². The fraction of sp³-hybridized carbons (Fsp3) is 0.444. The maximum Gasteiger partial charge on any atom is 0.224 e. The van der Waals surface area contributed by atoms with Gasteiger partial charge in [-0.15, -0.1) is 0 Å². The highest BCUT2D eigenvalue weighted by Crippen LogP contribution is 2.14. The summed E-state index contributed by atoms with van der Waals surface area (Å²) in [7, 11) is 2.04. The van der Waals surface area contributed by atoms with Crippen LogP contribution in [0.15, 0.2) is 30.3 Å².